The Labute approximate surface area is 141 Å². The van der Waals surface area contributed by atoms with Gasteiger partial charge in [0.2, 0.25) is 0 Å². The molecule has 2 fully saturated rings. The third-order valence-electron chi connectivity index (χ3n) is 5.85. The summed E-state index contributed by atoms with van der Waals surface area (Å²) < 4.78 is 26.1. The van der Waals surface area contributed by atoms with Crippen molar-refractivity contribution in [3.8, 4) is 0 Å². The van der Waals surface area contributed by atoms with E-state index in [1.165, 1.54) is 6.07 Å². The first-order valence-electron chi connectivity index (χ1n) is 8.83. The number of fused-ring (bicyclic) bond motifs is 3. The zero-order valence-electron chi connectivity index (χ0n) is 14.0. The molecule has 4 heteroatoms. The quantitative estimate of drug-likeness (QED) is 0.620. The highest BCUT2D eigenvalue weighted by Gasteiger charge is 2.56. The summed E-state index contributed by atoms with van der Waals surface area (Å²) in [5.74, 6) is -0.578. The number of carbonyl (C=O) groups excluding carboxylic acids is 1. The summed E-state index contributed by atoms with van der Waals surface area (Å²) in [7, 11) is 0. The van der Waals surface area contributed by atoms with Crippen molar-refractivity contribution in [2.45, 2.75) is 63.3 Å². The highest BCUT2D eigenvalue weighted by molar-refractivity contribution is 5.87. The standard InChI is InChI=1S/C20H23FO3/c1-12(2)19(22)24-20(17-11-15-7-8-18(17)23-15)9-3-4-13-5-6-14(21)10-16(13)20/h5-6,10,15,17-18H,1,3-4,7-9,11H2,2H3. The molecule has 1 aromatic rings. The smallest absolute Gasteiger partial charge is 0.334 e. The molecule has 4 rings (SSSR count). The number of carbonyl (C=O) groups is 1. The van der Waals surface area contributed by atoms with Crippen LogP contribution in [0.3, 0.4) is 0 Å². The summed E-state index contributed by atoms with van der Waals surface area (Å²) in [6.07, 6.45) is 5.83. The summed E-state index contributed by atoms with van der Waals surface area (Å²) in [5.41, 5.74) is 1.51. The number of halogens is 1. The molecule has 4 atom stereocenters. The maximum Gasteiger partial charge on any atom is 0.334 e. The molecule has 0 saturated carbocycles. The molecule has 2 saturated heterocycles. The van der Waals surface area contributed by atoms with Crippen LogP contribution in [0.15, 0.2) is 30.4 Å². The Hall–Kier alpha value is -1.68. The topological polar surface area (TPSA) is 35.5 Å². The van der Waals surface area contributed by atoms with Crippen molar-refractivity contribution in [2.75, 3.05) is 0 Å². The van der Waals surface area contributed by atoms with E-state index in [0.29, 0.717) is 5.57 Å². The Morgan fingerprint density at radius 1 is 1.42 bits per heavy atom. The predicted molar refractivity (Wildman–Crippen MR) is 87.9 cm³/mol. The first-order valence-corrected chi connectivity index (χ1v) is 8.83. The lowest BCUT2D eigenvalue weighted by atomic mass is 9.67. The van der Waals surface area contributed by atoms with Gasteiger partial charge in [0.05, 0.1) is 12.2 Å². The molecule has 2 bridgehead atoms. The van der Waals surface area contributed by atoms with Gasteiger partial charge in [-0.2, -0.15) is 0 Å². The number of benzene rings is 1. The Bertz CT molecular complexity index is 698. The van der Waals surface area contributed by atoms with E-state index >= 15 is 0 Å². The van der Waals surface area contributed by atoms with Gasteiger partial charge in [0.1, 0.15) is 11.4 Å². The second-order valence-corrected chi connectivity index (χ2v) is 7.43. The van der Waals surface area contributed by atoms with Crippen molar-refractivity contribution >= 4 is 5.97 Å². The molecule has 1 aromatic carbocycles. The van der Waals surface area contributed by atoms with Crippen LogP contribution >= 0.6 is 0 Å². The monoisotopic (exact) mass is 330 g/mol. The largest absolute Gasteiger partial charge is 0.450 e. The average Bonchev–Trinajstić information content (AvgIpc) is 3.18. The van der Waals surface area contributed by atoms with Crippen LogP contribution in [-0.4, -0.2) is 18.2 Å². The van der Waals surface area contributed by atoms with Crippen LogP contribution in [-0.2, 0) is 26.3 Å². The number of hydrogen-bond donors (Lipinski definition) is 0. The fourth-order valence-corrected chi connectivity index (χ4v) is 4.78. The van der Waals surface area contributed by atoms with Gasteiger partial charge in [-0.25, -0.2) is 9.18 Å². The van der Waals surface area contributed by atoms with E-state index in [4.69, 9.17) is 9.47 Å². The number of esters is 1. The summed E-state index contributed by atoms with van der Waals surface area (Å²) in [4.78, 5) is 12.4. The van der Waals surface area contributed by atoms with Crippen molar-refractivity contribution in [1.29, 1.82) is 0 Å². The molecule has 0 N–H and O–H groups in total. The van der Waals surface area contributed by atoms with Gasteiger partial charge in [-0.3, -0.25) is 0 Å². The second kappa shape index (κ2) is 5.69. The SMILES string of the molecule is C=C(C)C(=O)OC1(C2CC3CCC2O3)CCCc2ccc(F)cc21. The van der Waals surface area contributed by atoms with Crippen LogP contribution in [0, 0.1) is 11.7 Å². The summed E-state index contributed by atoms with van der Waals surface area (Å²) >= 11 is 0. The fraction of sp³-hybridized carbons (Fsp3) is 0.550. The predicted octanol–water partition coefficient (Wildman–Crippen LogP) is 4.04. The molecule has 4 unspecified atom stereocenters. The average molecular weight is 330 g/mol. The van der Waals surface area contributed by atoms with Crippen molar-refractivity contribution < 1.29 is 18.7 Å². The van der Waals surface area contributed by atoms with Crippen LogP contribution in [0.1, 0.15) is 50.2 Å². The van der Waals surface area contributed by atoms with E-state index in [2.05, 4.69) is 6.58 Å². The molecule has 24 heavy (non-hydrogen) atoms. The molecular weight excluding hydrogens is 307 g/mol. The summed E-state index contributed by atoms with van der Waals surface area (Å²) in [6.45, 7) is 5.38. The van der Waals surface area contributed by atoms with Gasteiger partial charge >= 0.3 is 5.97 Å². The third kappa shape index (κ3) is 2.39. The van der Waals surface area contributed by atoms with Crippen LogP contribution in [0.25, 0.3) is 0 Å². The summed E-state index contributed by atoms with van der Waals surface area (Å²) in [5, 5.41) is 0. The molecule has 2 heterocycles. The van der Waals surface area contributed by atoms with Crippen molar-refractivity contribution in [2.24, 2.45) is 5.92 Å². The van der Waals surface area contributed by atoms with Crippen LogP contribution < -0.4 is 0 Å². The maximum atomic E-state index is 14.0. The zero-order valence-corrected chi connectivity index (χ0v) is 14.0. The molecular formula is C20H23FO3. The Morgan fingerprint density at radius 2 is 2.25 bits per heavy atom. The lowest BCUT2D eigenvalue weighted by molar-refractivity contribution is -0.169. The van der Waals surface area contributed by atoms with E-state index in [1.807, 2.05) is 6.07 Å². The lowest BCUT2D eigenvalue weighted by Gasteiger charge is -2.45. The van der Waals surface area contributed by atoms with Crippen molar-refractivity contribution in [3.05, 3.63) is 47.3 Å². The number of hydrogen-bond acceptors (Lipinski definition) is 3. The minimum absolute atomic E-state index is 0.0976. The Kier molecular flexibility index (Phi) is 3.75. The summed E-state index contributed by atoms with van der Waals surface area (Å²) in [6, 6.07) is 4.89. The molecule has 3 nitrogen and oxygen atoms in total. The highest BCUT2D eigenvalue weighted by Crippen LogP contribution is 2.54. The van der Waals surface area contributed by atoms with Gasteiger partial charge in [-0.05, 0) is 63.1 Å². The Balaban J connectivity index is 1.82. The molecule has 1 aliphatic carbocycles. The van der Waals surface area contributed by atoms with Crippen LogP contribution in [0.5, 0.6) is 0 Å². The maximum absolute atomic E-state index is 14.0. The fourth-order valence-electron chi connectivity index (χ4n) is 4.78. The molecule has 3 aliphatic rings. The van der Waals surface area contributed by atoms with E-state index in [0.717, 1.165) is 49.7 Å². The van der Waals surface area contributed by atoms with Crippen molar-refractivity contribution in [3.63, 3.8) is 0 Å². The molecule has 0 radical (unpaired) electrons. The van der Waals surface area contributed by atoms with Gasteiger partial charge < -0.3 is 9.47 Å². The number of rotatable bonds is 3. The van der Waals surface area contributed by atoms with E-state index < -0.39 is 11.6 Å². The van der Waals surface area contributed by atoms with Gasteiger partial charge in [0.25, 0.3) is 0 Å². The molecule has 0 amide bonds. The van der Waals surface area contributed by atoms with E-state index in [-0.39, 0.29) is 23.9 Å². The van der Waals surface area contributed by atoms with Gasteiger partial charge in [0, 0.05) is 17.1 Å². The first-order chi connectivity index (χ1) is 11.5. The van der Waals surface area contributed by atoms with Crippen LogP contribution in [0.2, 0.25) is 0 Å². The highest BCUT2D eigenvalue weighted by atomic mass is 19.1. The minimum Gasteiger partial charge on any atom is -0.450 e. The molecule has 128 valence electrons. The van der Waals surface area contributed by atoms with E-state index in [1.54, 1.807) is 13.0 Å². The van der Waals surface area contributed by atoms with Gasteiger partial charge in [0.15, 0.2) is 0 Å². The lowest BCUT2D eigenvalue weighted by Crippen LogP contribution is -2.46. The third-order valence-corrected chi connectivity index (χ3v) is 5.85. The van der Waals surface area contributed by atoms with Gasteiger partial charge in [-0.15, -0.1) is 0 Å². The number of aryl methyl sites for hydroxylation is 1. The second-order valence-electron chi connectivity index (χ2n) is 7.43. The Morgan fingerprint density at radius 3 is 2.92 bits per heavy atom. The first kappa shape index (κ1) is 15.8. The molecule has 0 spiro atoms. The molecule has 2 aliphatic heterocycles. The number of ether oxygens (including phenoxy) is 2. The van der Waals surface area contributed by atoms with E-state index in [9.17, 15) is 9.18 Å². The minimum atomic E-state index is -0.786. The zero-order chi connectivity index (χ0) is 16.9. The van der Waals surface area contributed by atoms with Crippen LogP contribution in [0.4, 0.5) is 4.39 Å². The normalized spacial score (nSPS) is 34.0. The molecule has 0 aromatic heterocycles. The van der Waals surface area contributed by atoms with Gasteiger partial charge in [-0.1, -0.05) is 12.6 Å². The van der Waals surface area contributed by atoms with Crippen molar-refractivity contribution in [1.82, 2.24) is 0 Å².